The SMILES string of the molecule is C/C=C/CCc1ccc(C2CCC(CC(F)(F)COc3ccc(OCC)c(F)c3)CC2)c(F)c1. The van der Waals surface area contributed by atoms with Crippen LogP contribution < -0.4 is 9.47 Å². The van der Waals surface area contributed by atoms with Gasteiger partial charge in [-0.1, -0.05) is 24.3 Å². The Morgan fingerprint density at radius 2 is 1.74 bits per heavy atom. The summed E-state index contributed by atoms with van der Waals surface area (Å²) in [5, 5.41) is 0. The number of hydrogen-bond donors (Lipinski definition) is 0. The van der Waals surface area contributed by atoms with E-state index < -0.39 is 18.3 Å². The van der Waals surface area contributed by atoms with E-state index in [1.54, 1.807) is 13.0 Å². The normalized spacial score (nSPS) is 18.9. The lowest BCUT2D eigenvalue weighted by Gasteiger charge is -2.31. The molecule has 2 nitrogen and oxygen atoms in total. The molecule has 34 heavy (non-hydrogen) atoms. The molecule has 1 aliphatic rings. The number of rotatable bonds is 11. The Labute approximate surface area is 200 Å². The van der Waals surface area contributed by atoms with E-state index in [4.69, 9.17) is 9.47 Å². The molecule has 0 radical (unpaired) electrons. The standard InChI is InChI=1S/C28H34F4O2/c1-3-5-6-7-20-10-14-24(25(29)16-20)22-11-8-21(9-12-22)18-28(31,32)19-34-23-13-15-27(33-4-2)26(30)17-23/h3,5,10,13-17,21-22H,4,6-9,11-12,18-19H2,1-2H3/b5-3+. The molecule has 3 rings (SSSR count). The minimum atomic E-state index is -3.02. The third-order valence-electron chi connectivity index (χ3n) is 6.43. The summed E-state index contributed by atoms with van der Waals surface area (Å²) in [6.45, 7) is 3.21. The lowest BCUT2D eigenvalue weighted by molar-refractivity contribution is -0.0634. The molecule has 0 N–H and O–H groups in total. The summed E-state index contributed by atoms with van der Waals surface area (Å²) in [5.74, 6) is -3.81. The molecule has 186 valence electrons. The summed E-state index contributed by atoms with van der Waals surface area (Å²) in [6, 6.07) is 9.32. The van der Waals surface area contributed by atoms with Gasteiger partial charge in [0.25, 0.3) is 5.92 Å². The Bertz CT molecular complexity index is 949. The van der Waals surface area contributed by atoms with Gasteiger partial charge in [-0.05, 0) is 93.5 Å². The molecule has 0 amide bonds. The van der Waals surface area contributed by atoms with Gasteiger partial charge in [0, 0.05) is 12.5 Å². The predicted octanol–water partition coefficient (Wildman–Crippen LogP) is 8.25. The van der Waals surface area contributed by atoms with Gasteiger partial charge in [0.1, 0.15) is 11.6 Å². The van der Waals surface area contributed by atoms with Crippen molar-refractivity contribution < 1.29 is 27.0 Å². The van der Waals surface area contributed by atoms with Gasteiger partial charge in [-0.3, -0.25) is 0 Å². The van der Waals surface area contributed by atoms with Crippen LogP contribution in [0.5, 0.6) is 11.5 Å². The van der Waals surface area contributed by atoms with E-state index in [0.717, 1.165) is 24.5 Å². The van der Waals surface area contributed by atoms with E-state index in [-0.39, 0.29) is 35.6 Å². The van der Waals surface area contributed by atoms with Crippen LogP contribution >= 0.6 is 0 Å². The monoisotopic (exact) mass is 478 g/mol. The molecule has 0 bridgehead atoms. The second-order valence-electron chi connectivity index (χ2n) is 9.06. The third-order valence-corrected chi connectivity index (χ3v) is 6.43. The molecule has 1 aliphatic carbocycles. The van der Waals surface area contributed by atoms with Crippen LogP contribution in [0, 0.1) is 17.6 Å². The highest BCUT2D eigenvalue weighted by atomic mass is 19.3. The number of hydrogen-bond acceptors (Lipinski definition) is 2. The van der Waals surface area contributed by atoms with Crippen LogP contribution in [-0.2, 0) is 6.42 Å². The maximum Gasteiger partial charge on any atom is 0.281 e. The van der Waals surface area contributed by atoms with Crippen molar-refractivity contribution in [2.24, 2.45) is 5.92 Å². The van der Waals surface area contributed by atoms with Crippen molar-refractivity contribution in [3.63, 3.8) is 0 Å². The fraction of sp³-hybridized carbons (Fsp3) is 0.500. The highest BCUT2D eigenvalue weighted by Gasteiger charge is 2.36. The number of aryl methyl sites for hydroxylation is 1. The minimum absolute atomic E-state index is 0.0500. The Balaban J connectivity index is 1.48. The van der Waals surface area contributed by atoms with E-state index in [1.165, 1.54) is 12.1 Å². The Kier molecular flexibility index (Phi) is 9.43. The van der Waals surface area contributed by atoms with Gasteiger partial charge in [0.2, 0.25) is 0 Å². The van der Waals surface area contributed by atoms with E-state index in [1.807, 2.05) is 25.1 Å². The first-order chi connectivity index (χ1) is 16.3. The van der Waals surface area contributed by atoms with E-state index in [9.17, 15) is 17.6 Å². The lowest BCUT2D eigenvalue weighted by atomic mass is 9.76. The summed E-state index contributed by atoms with van der Waals surface area (Å²) in [6.07, 6.45) is 8.08. The van der Waals surface area contributed by atoms with Crippen LogP contribution in [0.1, 0.15) is 69.4 Å². The molecule has 0 saturated heterocycles. The number of benzene rings is 2. The molecule has 0 aliphatic heterocycles. The molecule has 0 atom stereocenters. The van der Waals surface area contributed by atoms with Crippen LogP contribution in [-0.4, -0.2) is 19.1 Å². The molecule has 1 fully saturated rings. The highest BCUT2D eigenvalue weighted by molar-refractivity contribution is 5.33. The number of ether oxygens (including phenoxy) is 2. The first-order valence-electron chi connectivity index (χ1n) is 12.1. The molecule has 0 unspecified atom stereocenters. The van der Waals surface area contributed by atoms with Gasteiger partial charge >= 0.3 is 0 Å². The largest absolute Gasteiger partial charge is 0.491 e. The summed E-state index contributed by atoms with van der Waals surface area (Å²) < 4.78 is 68.0. The quantitative estimate of drug-likeness (QED) is 0.239. The molecular weight excluding hydrogens is 444 g/mol. The highest BCUT2D eigenvalue weighted by Crippen LogP contribution is 2.41. The lowest BCUT2D eigenvalue weighted by Crippen LogP contribution is -2.30. The summed E-state index contributed by atoms with van der Waals surface area (Å²) >= 11 is 0. The zero-order valence-electron chi connectivity index (χ0n) is 20.0. The van der Waals surface area contributed by atoms with Crippen LogP contribution in [0.3, 0.4) is 0 Å². The summed E-state index contributed by atoms with van der Waals surface area (Å²) in [7, 11) is 0. The molecule has 0 aromatic heterocycles. The topological polar surface area (TPSA) is 18.5 Å². The molecule has 6 heteroatoms. The molecule has 1 saturated carbocycles. The van der Waals surface area contributed by atoms with Gasteiger partial charge in [0.05, 0.1) is 6.61 Å². The van der Waals surface area contributed by atoms with Crippen LogP contribution in [0.25, 0.3) is 0 Å². The number of allylic oxidation sites excluding steroid dienone is 2. The van der Waals surface area contributed by atoms with Gasteiger partial charge in [0.15, 0.2) is 18.2 Å². The van der Waals surface area contributed by atoms with E-state index in [0.29, 0.717) is 37.9 Å². The smallest absolute Gasteiger partial charge is 0.281 e. The fourth-order valence-electron chi connectivity index (χ4n) is 4.67. The van der Waals surface area contributed by atoms with Crippen LogP contribution in [0.4, 0.5) is 17.6 Å². The predicted molar refractivity (Wildman–Crippen MR) is 127 cm³/mol. The van der Waals surface area contributed by atoms with Crippen molar-refractivity contribution in [3.8, 4) is 11.5 Å². The second kappa shape index (κ2) is 12.3. The van der Waals surface area contributed by atoms with E-state index >= 15 is 0 Å². The molecule has 0 spiro atoms. The van der Waals surface area contributed by atoms with Gasteiger partial charge in [-0.25, -0.2) is 17.6 Å². The first-order valence-corrected chi connectivity index (χ1v) is 12.1. The Morgan fingerprint density at radius 1 is 0.971 bits per heavy atom. The minimum Gasteiger partial charge on any atom is -0.491 e. The molecule has 2 aromatic carbocycles. The van der Waals surface area contributed by atoms with Crippen molar-refractivity contribution in [2.45, 2.75) is 70.6 Å². The second-order valence-corrected chi connectivity index (χ2v) is 9.06. The summed E-state index contributed by atoms with van der Waals surface area (Å²) in [5.41, 5.74) is 1.67. The molecular formula is C28H34F4O2. The third kappa shape index (κ3) is 7.51. The average molecular weight is 479 g/mol. The van der Waals surface area contributed by atoms with Crippen LogP contribution in [0.2, 0.25) is 0 Å². The van der Waals surface area contributed by atoms with Crippen molar-refractivity contribution in [1.82, 2.24) is 0 Å². The van der Waals surface area contributed by atoms with Crippen molar-refractivity contribution >= 4 is 0 Å². The van der Waals surface area contributed by atoms with Crippen molar-refractivity contribution in [1.29, 1.82) is 0 Å². The van der Waals surface area contributed by atoms with Gasteiger partial charge in [-0.2, -0.15) is 0 Å². The summed E-state index contributed by atoms with van der Waals surface area (Å²) in [4.78, 5) is 0. The Hall–Kier alpha value is -2.50. The number of alkyl halides is 2. The maximum absolute atomic E-state index is 14.7. The maximum atomic E-state index is 14.7. The molecule has 2 aromatic rings. The Morgan fingerprint density at radius 3 is 2.38 bits per heavy atom. The average Bonchev–Trinajstić information content (AvgIpc) is 2.80. The zero-order chi connectivity index (χ0) is 24.6. The van der Waals surface area contributed by atoms with Gasteiger partial charge in [-0.15, -0.1) is 0 Å². The fourth-order valence-corrected chi connectivity index (χ4v) is 4.67. The van der Waals surface area contributed by atoms with Crippen LogP contribution in [0.15, 0.2) is 48.6 Å². The molecule has 0 heterocycles. The number of halogens is 4. The van der Waals surface area contributed by atoms with Crippen molar-refractivity contribution in [3.05, 3.63) is 71.3 Å². The van der Waals surface area contributed by atoms with E-state index in [2.05, 4.69) is 6.08 Å². The first kappa shape index (κ1) is 26.1. The zero-order valence-corrected chi connectivity index (χ0v) is 20.0. The van der Waals surface area contributed by atoms with Gasteiger partial charge < -0.3 is 9.47 Å². The van der Waals surface area contributed by atoms with Crippen molar-refractivity contribution in [2.75, 3.05) is 13.2 Å².